The second-order valence-electron chi connectivity index (χ2n) is 7.24. The maximum atomic E-state index is 13.0. The summed E-state index contributed by atoms with van der Waals surface area (Å²) >= 11 is 0. The highest BCUT2D eigenvalue weighted by Crippen LogP contribution is 2.25. The van der Waals surface area contributed by atoms with E-state index >= 15 is 0 Å². The summed E-state index contributed by atoms with van der Waals surface area (Å²) in [4.78, 5) is 0. The molecule has 0 amide bonds. The van der Waals surface area contributed by atoms with Crippen LogP contribution in [0.5, 0.6) is 0 Å². The first-order valence-electron chi connectivity index (χ1n) is 8.81. The van der Waals surface area contributed by atoms with E-state index in [4.69, 9.17) is 0 Å². The number of aromatic nitrogens is 3. The van der Waals surface area contributed by atoms with Gasteiger partial charge in [0, 0.05) is 6.54 Å². The number of sulfone groups is 1. The third-order valence-electron chi connectivity index (χ3n) is 4.38. The molecule has 0 radical (unpaired) electrons. The zero-order chi connectivity index (χ0) is 18.0. The van der Waals surface area contributed by atoms with Gasteiger partial charge in [0.2, 0.25) is 15.0 Å². The van der Waals surface area contributed by atoms with E-state index in [1.54, 1.807) is 4.57 Å². The van der Waals surface area contributed by atoms with Gasteiger partial charge in [-0.05, 0) is 37.8 Å². The van der Waals surface area contributed by atoms with Crippen LogP contribution in [-0.2, 0) is 22.1 Å². The maximum absolute atomic E-state index is 13.0. The summed E-state index contributed by atoms with van der Waals surface area (Å²) in [5.74, 6) is 1.00. The fraction of sp³-hybridized carbons (Fsp3) is 0.556. The highest BCUT2D eigenvalue weighted by atomic mass is 32.2. The first-order chi connectivity index (χ1) is 11.9. The van der Waals surface area contributed by atoms with Gasteiger partial charge in [0.25, 0.3) is 0 Å². The Morgan fingerprint density at radius 1 is 1.32 bits per heavy atom. The Hall–Kier alpha value is -1.73. The highest BCUT2D eigenvalue weighted by molar-refractivity contribution is 7.90. The zero-order valence-corrected chi connectivity index (χ0v) is 15.9. The number of hydrogen-bond donors (Lipinski definition) is 1. The predicted molar refractivity (Wildman–Crippen MR) is 96.9 cm³/mol. The van der Waals surface area contributed by atoms with Gasteiger partial charge in [-0.2, -0.15) is 0 Å². The molecule has 7 heteroatoms. The third-order valence-corrected chi connectivity index (χ3v) is 5.95. The number of nitrogens with zero attached hydrogens (tertiary/aromatic N) is 3. The first-order valence-corrected chi connectivity index (χ1v) is 10.5. The van der Waals surface area contributed by atoms with Crippen LogP contribution < -0.4 is 5.32 Å². The van der Waals surface area contributed by atoms with Gasteiger partial charge < -0.3 is 9.88 Å². The molecule has 1 atom stereocenters. The lowest BCUT2D eigenvalue weighted by atomic mass is 10.2. The fourth-order valence-corrected chi connectivity index (χ4v) is 4.73. The van der Waals surface area contributed by atoms with Gasteiger partial charge in [0.15, 0.2) is 5.82 Å². The lowest BCUT2D eigenvalue weighted by molar-refractivity contribution is 0.447. The molecule has 0 aliphatic carbocycles. The Morgan fingerprint density at radius 3 is 2.76 bits per heavy atom. The van der Waals surface area contributed by atoms with Gasteiger partial charge in [-0.15, -0.1) is 10.2 Å². The van der Waals surface area contributed by atoms with Gasteiger partial charge in [0.05, 0.1) is 11.8 Å². The average molecular weight is 362 g/mol. The minimum Gasteiger partial charge on any atom is -0.307 e. The molecule has 0 bridgehead atoms. The molecule has 2 aromatic rings. The van der Waals surface area contributed by atoms with Crippen LogP contribution in [0.1, 0.15) is 49.7 Å². The molecule has 136 valence electrons. The standard InChI is InChI=1S/C18H26N4O2S/c1-13(2)11-22-17(16-8-5-9-19-16)20-21-18(22)25(23,24)12-15-7-4-6-14(3)10-15/h4,6-7,10,13,16,19H,5,8-9,11-12H2,1-3H3. The van der Waals surface area contributed by atoms with Crippen LogP contribution >= 0.6 is 0 Å². The van der Waals surface area contributed by atoms with Gasteiger partial charge in [-0.1, -0.05) is 43.7 Å². The van der Waals surface area contributed by atoms with Crippen molar-refractivity contribution in [2.75, 3.05) is 6.54 Å². The van der Waals surface area contributed by atoms with E-state index < -0.39 is 9.84 Å². The summed E-state index contributed by atoms with van der Waals surface area (Å²) in [7, 11) is -3.55. The summed E-state index contributed by atoms with van der Waals surface area (Å²) < 4.78 is 27.8. The fourth-order valence-electron chi connectivity index (χ4n) is 3.32. The smallest absolute Gasteiger partial charge is 0.250 e. The summed E-state index contributed by atoms with van der Waals surface area (Å²) in [6.07, 6.45) is 2.04. The van der Waals surface area contributed by atoms with Crippen molar-refractivity contribution in [3.05, 3.63) is 41.2 Å². The van der Waals surface area contributed by atoms with E-state index in [1.807, 2.05) is 31.2 Å². The second kappa shape index (κ2) is 7.25. The normalized spacial score (nSPS) is 18.2. The van der Waals surface area contributed by atoms with Crippen molar-refractivity contribution in [2.45, 2.75) is 57.1 Å². The largest absolute Gasteiger partial charge is 0.307 e. The minimum absolute atomic E-state index is 0.0526. The summed E-state index contributed by atoms with van der Waals surface area (Å²) in [6.45, 7) is 7.64. The van der Waals surface area contributed by atoms with E-state index in [2.05, 4.69) is 29.4 Å². The predicted octanol–water partition coefficient (Wildman–Crippen LogP) is 2.64. The molecule has 1 N–H and O–H groups in total. The first kappa shape index (κ1) is 18.1. The van der Waals surface area contributed by atoms with Crippen molar-refractivity contribution in [3.8, 4) is 0 Å². The van der Waals surface area contributed by atoms with Crippen molar-refractivity contribution in [3.63, 3.8) is 0 Å². The molecule has 25 heavy (non-hydrogen) atoms. The monoisotopic (exact) mass is 362 g/mol. The molecule has 1 aliphatic heterocycles. The number of nitrogens with one attached hydrogen (secondary N) is 1. The number of hydrogen-bond acceptors (Lipinski definition) is 5. The molecule has 1 aliphatic rings. The topological polar surface area (TPSA) is 76.9 Å². The zero-order valence-electron chi connectivity index (χ0n) is 15.1. The third kappa shape index (κ3) is 4.10. The van der Waals surface area contributed by atoms with Crippen LogP contribution in [0.15, 0.2) is 29.4 Å². The quantitative estimate of drug-likeness (QED) is 0.855. The van der Waals surface area contributed by atoms with Crippen LogP contribution in [0.2, 0.25) is 0 Å². The molecular weight excluding hydrogens is 336 g/mol. The Kier molecular flexibility index (Phi) is 5.24. The van der Waals surface area contributed by atoms with Crippen molar-refractivity contribution in [1.29, 1.82) is 0 Å². The van der Waals surface area contributed by atoms with E-state index in [9.17, 15) is 8.42 Å². The van der Waals surface area contributed by atoms with Gasteiger partial charge in [-0.25, -0.2) is 8.42 Å². The van der Waals surface area contributed by atoms with Crippen LogP contribution in [-0.4, -0.2) is 29.7 Å². The van der Waals surface area contributed by atoms with Crippen LogP contribution in [0, 0.1) is 12.8 Å². The Bertz CT molecular complexity index is 837. The molecular formula is C18H26N4O2S. The average Bonchev–Trinajstić information content (AvgIpc) is 3.15. The molecule has 6 nitrogen and oxygen atoms in total. The van der Waals surface area contributed by atoms with Gasteiger partial charge in [0.1, 0.15) is 0 Å². The molecule has 1 aromatic carbocycles. The van der Waals surface area contributed by atoms with E-state index in [0.29, 0.717) is 12.5 Å². The second-order valence-corrected chi connectivity index (χ2v) is 9.13. The Balaban J connectivity index is 1.96. The van der Waals surface area contributed by atoms with Crippen LogP contribution in [0.4, 0.5) is 0 Å². The Labute approximate surface area is 149 Å². The van der Waals surface area contributed by atoms with Crippen LogP contribution in [0.25, 0.3) is 0 Å². The molecule has 1 aromatic heterocycles. The summed E-state index contributed by atoms with van der Waals surface area (Å²) in [5, 5.41) is 11.8. The summed E-state index contributed by atoms with van der Waals surface area (Å²) in [5.41, 5.74) is 1.83. The Morgan fingerprint density at radius 2 is 2.12 bits per heavy atom. The van der Waals surface area contributed by atoms with Crippen molar-refractivity contribution < 1.29 is 8.42 Å². The molecule has 2 heterocycles. The molecule has 1 fully saturated rings. The molecule has 0 saturated carbocycles. The maximum Gasteiger partial charge on any atom is 0.250 e. The SMILES string of the molecule is Cc1cccc(CS(=O)(=O)c2nnc(C3CCCN3)n2CC(C)C)c1. The van der Waals surface area contributed by atoms with E-state index in [1.165, 1.54) is 0 Å². The number of aryl methyl sites for hydroxylation is 1. The number of rotatable bonds is 6. The molecule has 1 unspecified atom stereocenters. The lowest BCUT2D eigenvalue weighted by Crippen LogP contribution is -2.22. The van der Waals surface area contributed by atoms with Crippen molar-refractivity contribution in [1.82, 2.24) is 20.1 Å². The molecule has 3 rings (SSSR count). The number of benzene rings is 1. The van der Waals surface area contributed by atoms with Crippen molar-refractivity contribution in [2.24, 2.45) is 5.92 Å². The van der Waals surface area contributed by atoms with Gasteiger partial charge in [-0.3, -0.25) is 0 Å². The molecule has 1 saturated heterocycles. The van der Waals surface area contributed by atoms with E-state index in [0.717, 1.165) is 36.3 Å². The molecule has 0 spiro atoms. The lowest BCUT2D eigenvalue weighted by Gasteiger charge is -2.16. The van der Waals surface area contributed by atoms with Crippen LogP contribution in [0.3, 0.4) is 0 Å². The van der Waals surface area contributed by atoms with Crippen molar-refractivity contribution >= 4 is 9.84 Å². The summed E-state index contributed by atoms with van der Waals surface area (Å²) in [6, 6.07) is 7.68. The van der Waals surface area contributed by atoms with E-state index in [-0.39, 0.29) is 17.0 Å². The minimum atomic E-state index is -3.55. The highest BCUT2D eigenvalue weighted by Gasteiger charge is 2.30. The van der Waals surface area contributed by atoms with Gasteiger partial charge >= 0.3 is 0 Å².